The summed E-state index contributed by atoms with van der Waals surface area (Å²) in [6.07, 6.45) is 4.25. The fourth-order valence-corrected chi connectivity index (χ4v) is 3.18. The maximum absolute atomic E-state index is 12.3. The molecule has 2 unspecified atom stereocenters. The van der Waals surface area contributed by atoms with Gasteiger partial charge in [-0.15, -0.1) is 0 Å². The van der Waals surface area contributed by atoms with Crippen molar-refractivity contribution >= 4 is 17.9 Å². The molecule has 0 spiro atoms. The summed E-state index contributed by atoms with van der Waals surface area (Å²) in [6.45, 7) is 2.68. The second-order valence-corrected chi connectivity index (χ2v) is 5.88. The van der Waals surface area contributed by atoms with Gasteiger partial charge in [0.2, 0.25) is 5.91 Å². The number of amides is 3. The first kappa shape index (κ1) is 15.6. The number of urea groups is 1. The molecule has 118 valence electrons. The Balaban J connectivity index is 1.97. The first-order valence-corrected chi connectivity index (χ1v) is 7.55. The molecule has 7 heteroatoms. The second-order valence-electron chi connectivity index (χ2n) is 5.88. The van der Waals surface area contributed by atoms with Crippen molar-refractivity contribution in [1.82, 2.24) is 15.5 Å². The summed E-state index contributed by atoms with van der Waals surface area (Å²) in [5.74, 6) is -1.00. The molecule has 3 amide bonds. The molecule has 1 aliphatic heterocycles. The highest BCUT2D eigenvalue weighted by atomic mass is 16.4. The molecule has 2 rings (SSSR count). The molecule has 0 aromatic rings. The smallest absolute Gasteiger partial charge is 0.318 e. The van der Waals surface area contributed by atoms with Crippen LogP contribution in [-0.2, 0) is 9.59 Å². The van der Waals surface area contributed by atoms with E-state index in [1.807, 2.05) is 6.92 Å². The molecule has 21 heavy (non-hydrogen) atoms. The van der Waals surface area contributed by atoms with Crippen LogP contribution in [-0.4, -0.2) is 53.1 Å². The zero-order chi connectivity index (χ0) is 15.4. The monoisotopic (exact) mass is 297 g/mol. The Hall–Kier alpha value is -1.79. The van der Waals surface area contributed by atoms with Crippen molar-refractivity contribution in [2.45, 2.75) is 51.1 Å². The van der Waals surface area contributed by atoms with Gasteiger partial charge in [-0.3, -0.25) is 9.59 Å². The van der Waals surface area contributed by atoms with Crippen LogP contribution in [0.15, 0.2) is 0 Å². The standard InChI is InChI=1S/C14H23N3O4/c1-9(10-4-2-3-5-10)16-14(21)17-7-6-15-13(20)11(17)8-12(18)19/h9-11H,2-8H2,1H3,(H,15,20)(H,16,21)(H,18,19). The molecule has 3 N–H and O–H groups in total. The van der Waals surface area contributed by atoms with Crippen molar-refractivity contribution in [2.24, 2.45) is 5.92 Å². The minimum atomic E-state index is -1.08. The number of aliphatic carboxylic acids is 1. The Kier molecular flexibility index (Phi) is 5.03. The summed E-state index contributed by atoms with van der Waals surface area (Å²) in [5, 5.41) is 14.4. The number of hydrogen-bond acceptors (Lipinski definition) is 3. The molecule has 1 heterocycles. The number of carbonyl (C=O) groups excluding carboxylic acids is 2. The zero-order valence-electron chi connectivity index (χ0n) is 12.3. The quantitative estimate of drug-likeness (QED) is 0.705. The van der Waals surface area contributed by atoms with Gasteiger partial charge in [0.15, 0.2) is 0 Å². The number of rotatable bonds is 4. The van der Waals surface area contributed by atoms with E-state index in [9.17, 15) is 14.4 Å². The summed E-state index contributed by atoms with van der Waals surface area (Å²) in [7, 11) is 0. The lowest BCUT2D eigenvalue weighted by molar-refractivity contribution is -0.142. The predicted molar refractivity (Wildman–Crippen MR) is 75.7 cm³/mol. The summed E-state index contributed by atoms with van der Waals surface area (Å²) < 4.78 is 0. The normalized spacial score (nSPS) is 24.5. The minimum absolute atomic E-state index is 0.0514. The summed E-state index contributed by atoms with van der Waals surface area (Å²) >= 11 is 0. The zero-order valence-corrected chi connectivity index (χ0v) is 12.3. The second kappa shape index (κ2) is 6.78. The van der Waals surface area contributed by atoms with Crippen LogP contribution in [0.3, 0.4) is 0 Å². The fraction of sp³-hybridized carbons (Fsp3) is 0.786. The summed E-state index contributed by atoms with van der Waals surface area (Å²) in [6, 6.07) is -1.21. The molecule has 0 bridgehead atoms. The van der Waals surface area contributed by atoms with E-state index in [0.29, 0.717) is 19.0 Å². The van der Waals surface area contributed by atoms with Gasteiger partial charge in [0.25, 0.3) is 0 Å². The maximum atomic E-state index is 12.3. The SMILES string of the molecule is CC(NC(=O)N1CCNC(=O)C1CC(=O)O)C1CCCC1. The lowest BCUT2D eigenvalue weighted by Gasteiger charge is -2.35. The topological polar surface area (TPSA) is 98.7 Å². The number of carboxylic acid groups (broad SMARTS) is 1. The van der Waals surface area contributed by atoms with Crippen molar-refractivity contribution < 1.29 is 19.5 Å². The van der Waals surface area contributed by atoms with Crippen LogP contribution < -0.4 is 10.6 Å². The lowest BCUT2D eigenvalue weighted by atomic mass is 10.00. The van der Waals surface area contributed by atoms with Crippen LogP contribution in [0.1, 0.15) is 39.0 Å². The molecule has 7 nitrogen and oxygen atoms in total. The Morgan fingerprint density at radius 1 is 1.43 bits per heavy atom. The van der Waals surface area contributed by atoms with Gasteiger partial charge in [0.1, 0.15) is 6.04 Å². The molecule has 0 aromatic carbocycles. The van der Waals surface area contributed by atoms with Crippen molar-refractivity contribution in [3.8, 4) is 0 Å². The Morgan fingerprint density at radius 3 is 2.71 bits per heavy atom. The third kappa shape index (κ3) is 3.86. The number of nitrogens with one attached hydrogen (secondary N) is 2. The number of hydrogen-bond donors (Lipinski definition) is 3. The highest BCUT2D eigenvalue weighted by Crippen LogP contribution is 2.27. The largest absolute Gasteiger partial charge is 0.481 e. The number of carboxylic acids is 1. The molecule has 1 saturated heterocycles. The molecule has 0 radical (unpaired) electrons. The third-order valence-electron chi connectivity index (χ3n) is 4.42. The number of nitrogens with zero attached hydrogens (tertiary/aromatic N) is 1. The van der Waals surface area contributed by atoms with Crippen LogP contribution in [0.5, 0.6) is 0 Å². The van der Waals surface area contributed by atoms with Crippen molar-refractivity contribution in [3.63, 3.8) is 0 Å². The first-order valence-electron chi connectivity index (χ1n) is 7.55. The Morgan fingerprint density at radius 2 is 2.10 bits per heavy atom. The lowest BCUT2D eigenvalue weighted by Crippen LogP contribution is -2.61. The number of piperazine rings is 1. The van der Waals surface area contributed by atoms with Gasteiger partial charge in [-0.25, -0.2) is 4.79 Å². The fourth-order valence-electron chi connectivity index (χ4n) is 3.18. The molecule has 0 aromatic heterocycles. The number of carbonyl (C=O) groups is 3. The average Bonchev–Trinajstić information content (AvgIpc) is 2.94. The first-order chi connectivity index (χ1) is 9.99. The summed E-state index contributed by atoms with van der Waals surface area (Å²) in [5.41, 5.74) is 0. The molecule has 2 atom stereocenters. The third-order valence-corrected chi connectivity index (χ3v) is 4.42. The van der Waals surface area contributed by atoms with E-state index in [-0.39, 0.29) is 18.5 Å². The minimum Gasteiger partial charge on any atom is -0.481 e. The van der Waals surface area contributed by atoms with Crippen molar-refractivity contribution in [2.75, 3.05) is 13.1 Å². The van der Waals surface area contributed by atoms with Gasteiger partial charge < -0.3 is 20.6 Å². The van der Waals surface area contributed by atoms with Crippen molar-refractivity contribution in [3.05, 3.63) is 0 Å². The van der Waals surface area contributed by atoms with Gasteiger partial charge >= 0.3 is 12.0 Å². The molecule has 2 fully saturated rings. The molecule has 1 saturated carbocycles. The van der Waals surface area contributed by atoms with Gasteiger partial charge in [0, 0.05) is 19.1 Å². The molecule has 2 aliphatic rings. The Bertz CT molecular complexity index is 420. The van der Waals surface area contributed by atoms with Crippen LogP contribution in [0.25, 0.3) is 0 Å². The van der Waals surface area contributed by atoms with Gasteiger partial charge in [-0.2, -0.15) is 0 Å². The van der Waals surface area contributed by atoms with E-state index in [2.05, 4.69) is 10.6 Å². The predicted octanol–water partition coefficient (Wildman–Crippen LogP) is 0.550. The highest BCUT2D eigenvalue weighted by Gasteiger charge is 2.35. The Labute approximate surface area is 124 Å². The highest BCUT2D eigenvalue weighted by molar-refractivity contribution is 5.91. The molecule has 1 aliphatic carbocycles. The van der Waals surface area contributed by atoms with Crippen LogP contribution in [0.4, 0.5) is 4.79 Å². The van der Waals surface area contributed by atoms with E-state index in [0.717, 1.165) is 12.8 Å². The molecular formula is C14H23N3O4. The molecular weight excluding hydrogens is 274 g/mol. The van der Waals surface area contributed by atoms with E-state index in [1.165, 1.54) is 17.7 Å². The van der Waals surface area contributed by atoms with Gasteiger partial charge in [0.05, 0.1) is 6.42 Å². The maximum Gasteiger partial charge on any atom is 0.318 e. The van der Waals surface area contributed by atoms with Gasteiger partial charge in [-0.05, 0) is 25.7 Å². The summed E-state index contributed by atoms with van der Waals surface area (Å²) in [4.78, 5) is 36.4. The van der Waals surface area contributed by atoms with Gasteiger partial charge in [-0.1, -0.05) is 12.8 Å². The van der Waals surface area contributed by atoms with E-state index >= 15 is 0 Å². The van der Waals surface area contributed by atoms with Crippen molar-refractivity contribution in [1.29, 1.82) is 0 Å². The van der Waals surface area contributed by atoms with Crippen LogP contribution >= 0.6 is 0 Å². The van der Waals surface area contributed by atoms with E-state index in [1.54, 1.807) is 0 Å². The van der Waals surface area contributed by atoms with E-state index < -0.39 is 17.9 Å². The van der Waals surface area contributed by atoms with E-state index in [4.69, 9.17) is 5.11 Å². The van der Waals surface area contributed by atoms with Crippen LogP contribution in [0, 0.1) is 5.92 Å². The van der Waals surface area contributed by atoms with Crippen LogP contribution in [0.2, 0.25) is 0 Å². The average molecular weight is 297 g/mol.